The molecule has 3 N–H and O–H groups in total. The molecule has 5 heteroatoms. The lowest BCUT2D eigenvalue weighted by atomic mass is 9.99. The normalized spacial score (nSPS) is 18.5. The third kappa shape index (κ3) is 2.00. The SMILES string of the molecule is N[C@H](c1cccc(C(F)(F)F)c1O)C1CC1. The summed E-state index contributed by atoms with van der Waals surface area (Å²) in [5.41, 5.74) is 4.97. The van der Waals surface area contributed by atoms with Crippen molar-refractivity contribution in [3.63, 3.8) is 0 Å². The molecular formula is C11H12F3NO. The maximum Gasteiger partial charge on any atom is 0.419 e. The van der Waals surface area contributed by atoms with E-state index in [4.69, 9.17) is 5.73 Å². The Morgan fingerprint density at radius 2 is 1.94 bits per heavy atom. The molecule has 2 rings (SSSR count). The molecule has 0 saturated heterocycles. The van der Waals surface area contributed by atoms with Crippen LogP contribution in [0, 0.1) is 5.92 Å². The third-order valence-electron chi connectivity index (χ3n) is 2.86. The molecule has 1 atom stereocenters. The molecule has 1 aliphatic rings. The highest BCUT2D eigenvalue weighted by Crippen LogP contribution is 2.45. The lowest BCUT2D eigenvalue weighted by Gasteiger charge is -2.16. The summed E-state index contributed by atoms with van der Waals surface area (Å²) in [6, 6.07) is 3.09. The fourth-order valence-corrected chi connectivity index (χ4v) is 1.77. The number of halogens is 3. The second-order valence-corrected chi connectivity index (χ2v) is 4.10. The van der Waals surface area contributed by atoms with Gasteiger partial charge in [0.25, 0.3) is 0 Å². The zero-order chi connectivity index (χ0) is 11.9. The first kappa shape index (κ1) is 11.3. The largest absolute Gasteiger partial charge is 0.507 e. The van der Waals surface area contributed by atoms with E-state index in [1.165, 1.54) is 12.1 Å². The van der Waals surface area contributed by atoms with Crippen LogP contribution in [-0.2, 0) is 6.18 Å². The van der Waals surface area contributed by atoms with E-state index in [0.717, 1.165) is 18.9 Å². The molecule has 0 unspecified atom stereocenters. The van der Waals surface area contributed by atoms with Gasteiger partial charge in [-0.05, 0) is 24.8 Å². The Kier molecular flexibility index (Phi) is 2.58. The molecule has 0 aromatic heterocycles. The van der Waals surface area contributed by atoms with Crippen molar-refractivity contribution in [3.05, 3.63) is 29.3 Å². The van der Waals surface area contributed by atoms with Crippen LogP contribution in [-0.4, -0.2) is 5.11 Å². The van der Waals surface area contributed by atoms with E-state index in [2.05, 4.69) is 0 Å². The molecule has 1 aromatic carbocycles. The lowest BCUT2D eigenvalue weighted by Crippen LogP contribution is -2.14. The van der Waals surface area contributed by atoms with E-state index in [0.29, 0.717) is 0 Å². The average molecular weight is 231 g/mol. The van der Waals surface area contributed by atoms with Crippen LogP contribution in [0.2, 0.25) is 0 Å². The number of hydrogen-bond acceptors (Lipinski definition) is 2. The molecule has 1 aliphatic carbocycles. The summed E-state index contributed by atoms with van der Waals surface area (Å²) < 4.78 is 37.5. The molecule has 2 nitrogen and oxygen atoms in total. The summed E-state index contributed by atoms with van der Waals surface area (Å²) in [6.07, 6.45) is -2.71. The van der Waals surface area contributed by atoms with E-state index < -0.39 is 23.5 Å². The maximum atomic E-state index is 12.5. The predicted octanol–water partition coefficient (Wildman–Crippen LogP) is 2.82. The van der Waals surface area contributed by atoms with Gasteiger partial charge in [-0.3, -0.25) is 0 Å². The summed E-state index contributed by atoms with van der Waals surface area (Å²) >= 11 is 0. The number of aromatic hydroxyl groups is 1. The molecule has 0 bridgehead atoms. The van der Waals surface area contributed by atoms with Crippen LogP contribution < -0.4 is 5.73 Å². The molecule has 16 heavy (non-hydrogen) atoms. The highest BCUT2D eigenvalue weighted by atomic mass is 19.4. The monoisotopic (exact) mass is 231 g/mol. The van der Waals surface area contributed by atoms with Gasteiger partial charge < -0.3 is 10.8 Å². The quantitative estimate of drug-likeness (QED) is 0.822. The Hall–Kier alpha value is -1.23. The van der Waals surface area contributed by atoms with E-state index in [1.807, 2.05) is 0 Å². The number of benzene rings is 1. The van der Waals surface area contributed by atoms with Crippen molar-refractivity contribution in [2.24, 2.45) is 11.7 Å². The second-order valence-electron chi connectivity index (χ2n) is 4.10. The van der Waals surface area contributed by atoms with Crippen molar-refractivity contribution in [3.8, 4) is 5.75 Å². The van der Waals surface area contributed by atoms with Crippen LogP contribution >= 0.6 is 0 Å². The fraction of sp³-hybridized carbons (Fsp3) is 0.455. The van der Waals surface area contributed by atoms with Gasteiger partial charge in [0.05, 0.1) is 5.56 Å². The Bertz CT molecular complexity index is 399. The first-order valence-corrected chi connectivity index (χ1v) is 5.06. The predicted molar refractivity (Wildman–Crippen MR) is 52.8 cm³/mol. The van der Waals surface area contributed by atoms with Gasteiger partial charge in [-0.25, -0.2) is 0 Å². The number of phenols is 1. The standard InChI is InChI=1S/C11H12F3NO/c12-11(13,14)8-3-1-2-7(10(8)16)9(15)6-4-5-6/h1-3,6,9,16H,4-5,15H2/t9-/m0/s1. The van der Waals surface area contributed by atoms with E-state index in [9.17, 15) is 18.3 Å². The van der Waals surface area contributed by atoms with Gasteiger partial charge in [-0.2, -0.15) is 13.2 Å². The summed E-state index contributed by atoms with van der Waals surface area (Å²) in [6.45, 7) is 0. The Balaban J connectivity index is 2.39. The van der Waals surface area contributed by atoms with Crippen LogP contribution in [0.25, 0.3) is 0 Å². The van der Waals surface area contributed by atoms with Crippen LogP contribution in [0.15, 0.2) is 18.2 Å². The molecule has 88 valence electrons. The first-order chi connectivity index (χ1) is 7.41. The van der Waals surface area contributed by atoms with Crippen molar-refractivity contribution in [2.45, 2.75) is 25.1 Å². The van der Waals surface area contributed by atoms with Crippen molar-refractivity contribution in [1.29, 1.82) is 0 Å². The van der Waals surface area contributed by atoms with Gasteiger partial charge in [0.2, 0.25) is 0 Å². The number of rotatable bonds is 2. The van der Waals surface area contributed by atoms with E-state index >= 15 is 0 Å². The summed E-state index contributed by atoms with van der Waals surface area (Å²) in [7, 11) is 0. The van der Waals surface area contributed by atoms with Crippen molar-refractivity contribution in [2.75, 3.05) is 0 Å². The Morgan fingerprint density at radius 3 is 2.44 bits per heavy atom. The summed E-state index contributed by atoms with van der Waals surface area (Å²) in [5, 5.41) is 9.57. The number of para-hydroxylation sites is 1. The third-order valence-corrected chi connectivity index (χ3v) is 2.86. The van der Waals surface area contributed by atoms with Crippen molar-refractivity contribution in [1.82, 2.24) is 0 Å². The molecule has 0 radical (unpaired) electrons. The van der Waals surface area contributed by atoms with Gasteiger partial charge >= 0.3 is 6.18 Å². The minimum absolute atomic E-state index is 0.192. The molecule has 0 heterocycles. The van der Waals surface area contributed by atoms with E-state index in [-0.39, 0.29) is 11.5 Å². The number of nitrogens with two attached hydrogens (primary N) is 1. The molecule has 1 fully saturated rings. The van der Waals surface area contributed by atoms with Gasteiger partial charge in [0.1, 0.15) is 5.75 Å². The molecule has 0 amide bonds. The van der Waals surface area contributed by atoms with Crippen LogP contribution in [0.4, 0.5) is 13.2 Å². The molecular weight excluding hydrogens is 219 g/mol. The Morgan fingerprint density at radius 1 is 1.31 bits per heavy atom. The molecule has 1 saturated carbocycles. The fourth-order valence-electron chi connectivity index (χ4n) is 1.77. The highest BCUT2D eigenvalue weighted by Gasteiger charge is 2.37. The summed E-state index contributed by atoms with van der Waals surface area (Å²) in [5.74, 6) is -0.524. The second kappa shape index (κ2) is 3.66. The maximum absolute atomic E-state index is 12.5. The first-order valence-electron chi connectivity index (χ1n) is 5.06. The smallest absolute Gasteiger partial charge is 0.419 e. The zero-order valence-electron chi connectivity index (χ0n) is 8.46. The molecule has 0 spiro atoms. The Labute approximate surface area is 90.9 Å². The highest BCUT2D eigenvalue weighted by molar-refractivity contribution is 5.44. The minimum atomic E-state index is -4.54. The van der Waals surface area contributed by atoms with Gasteiger partial charge in [-0.1, -0.05) is 12.1 Å². The lowest BCUT2D eigenvalue weighted by molar-refractivity contribution is -0.138. The minimum Gasteiger partial charge on any atom is -0.507 e. The van der Waals surface area contributed by atoms with Crippen LogP contribution in [0.3, 0.4) is 0 Å². The van der Waals surface area contributed by atoms with Crippen LogP contribution in [0.5, 0.6) is 5.75 Å². The number of alkyl halides is 3. The average Bonchev–Trinajstić information content (AvgIpc) is 2.98. The van der Waals surface area contributed by atoms with Crippen LogP contribution in [0.1, 0.15) is 30.0 Å². The molecule has 0 aliphatic heterocycles. The molecule has 1 aromatic rings. The topological polar surface area (TPSA) is 46.2 Å². The summed E-state index contributed by atoms with van der Waals surface area (Å²) in [4.78, 5) is 0. The van der Waals surface area contributed by atoms with Crippen molar-refractivity contribution >= 4 is 0 Å². The number of hydrogen-bond donors (Lipinski definition) is 2. The zero-order valence-corrected chi connectivity index (χ0v) is 8.46. The number of phenolic OH excluding ortho intramolecular Hbond substituents is 1. The van der Waals surface area contributed by atoms with Gasteiger partial charge in [0.15, 0.2) is 0 Å². The van der Waals surface area contributed by atoms with Gasteiger partial charge in [-0.15, -0.1) is 0 Å². The van der Waals surface area contributed by atoms with Crippen molar-refractivity contribution < 1.29 is 18.3 Å². The van der Waals surface area contributed by atoms with Gasteiger partial charge in [0, 0.05) is 11.6 Å². The van der Waals surface area contributed by atoms with E-state index in [1.54, 1.807) is 0 Å².